The molecule has 4 rings (SSSR count). The van der Waals surface area contributed by atoms with E-state index in [4.69, 9.17) is 15.2 Å². The van der Waals surface area contributed by atoms with Crippen molar-refractivity contribution in [3.63, 3.8) is 0 Å². The Morgan fingerprint density at radius 3 is 2.23 bits per heavy atom. The summed E-state index contributed by atoms with van der Waals surface area (Å²) in [6, 6.07) is 5.44. The van der Waals surface area contributed by atoms with E-state index in [-0.39, 0.29) is 18.6 Å². The van der Waals surface area contributed by atoms with E-state index in [0.29, 0.717) is 37.5 Å². The molecule has 3 fully saturated rings. The highest BCUT2D eigenvalue weighted by molar-refractivity contribution is 5.98. The Labute approximate surface area is 235 Å². The van der Waals surface area contributed by atoms with Gasteiger partial charge in [-0.15, -0.1) is 0 Å². The second-order valence-corrected chi connectivity index (χ2v) is 12.1. The number of primary amides is 1. The molecule has 0 bridgehead atoms. The molecule has 2 aliphatic carbocycles. The van der Waals surface area contributed by atoms with Crippen LogP contribution in [0.5, 0.6) is 5.75 Å². The molecule has 0 aromatic heterocycles. The van der Waals surface area contributed by atoms with Gasteiger partial charge < -0.3 is 30.9 Å². The Hall–Kier alpha value is -2.98. The molecule has 5 N–H and O–H groups in total. The Bertz CT molecular complexity index is 1100. The SMILES string of the molecule is COc1ccc(C[C@H](NC(=O)[C@H](C)C2(C(N)=O)CCC(O)C2)C(=O)N[C@@H](CC2CCCC2)C(=O)[C@@]2(C)CO2)cc1. The monoisotopic (exact) mass is 557 g/mol. The number of carbonyl (C=O) groups excluding carboxylic acids is 4. The first kappa shape index (κ1) is 30.0. The van der Waals surface area contributed by atoms with Gasteiger partial charge in [-0.25, -0.2) is 0 Å². The molecule has 3 aliphatic rings. The Balaban J connectivity index is 1.55. The number of ketones is 1. The van der Waals surface area contributed by atoms with Crippen LogP contribution in [0.1, 0.15) is 70.8 Å². The van der Waals surface area contributed by atoms with Crippen LogP contribution < -0.4 is 21.1 Å². The fourth-order valence-corrected chi connectivity index (χ4v) is 6.34. The van der Waals surface area contributed by atoms with Crippen LogP contribution in [0.25, 0.3) is 0 Å². The number of aliphatic hydroxyl groups excluding tert-OH is 1. The number of hydrogen-bond acceptors (Lipinski definition) is 7. The quantitative estimate of drug-likeness (QED) is 0.269. The third-order valence-corrected chi connectivity index (χ3v) is 9.24. The molecule has 10 nitrogen and oxygen atoms in total. The normalized spacial score (nSPS) is 28.4. The molecule has 2 unspecified atom stereocenters. The summed E-state index contributed by atoms with van der Waals surface area (Å²) in [6.45, 7) is 3.67. The Morgan fingerprint density at radius 1 is 1.07 bits per heavy atom. The number of hydrogen-bond donors (Lipinski definition) is 4. The van der Waals surface area contributed by atoms with Crippen LogP contribution in [0.4, 0.5) is 0 Å². The zero-order chi connectivity index (χ0) is 29.1. The molecule has 0 radical (unpaired) electrons. The third kappa shape index (κ3) is 6.66. The summed E-state index contributed by atoms with van der Waals surface area (Å²) < 4.78 is 10.6. The van der Waals surface area contributed by atoms with E-state index in [0.717, 1.165) is 31.2 Å². The maximum absolute atomic E-state index is 13.8. The average Bonchev–Trinajstić information content (AvgIpc) is 3.28. The largest absolute Gasteiger partial charge is 0.497 e. The van der Waals surface area contributed by atoms with Gasteiger partial charge in [0.25, 0.3) is 0 Å². The maximum atomic E-state index is 13.8. The van der Waals surface area contributed by atoms with Crippen molar-refractivity contribution in [1.29, 1.82) is 0 Å². The van der Waals surface area contributed by atoms with E-state index in [9.17, 15) is 24.3 Å². The first-order valence-electron chi connectivity index (χ1n) is 14.4. The molecule has 3 amide bonds. The predicted molar refractivity (Wildman–Crippen MR) is 147 cm³/mol. The van der Waals surface area contributed by atoms with Crippen molar-refractivity contribution in [2.75, 3.05) is 13.7 Å². The van der Waals surface area contributed by atoms with Gasteiger partial charge in [-0.1, -0.05) is 44.7 Å². The minimum atomic E-state index is -1.19. The van der Waals surface area contributed by atoms with Crippen molar-refractivity contribution in [2.45, 2.75) is 95.4 Å². The summed E-state index contributed by atoms with van der Waals surface area (Å²) >= 11 is 0. The summed E-state index contributed by atoms with van der Waals surface area (Å²) in [5, 5.41) is 15.9. The van der Waals surface area contributed by atoms with Gasteiger partial charge >= 0.3 is 0 Å². The Kier molecular flexibility index (Phi) is 9.19. The fourth-order valence-electron chi connectivity index (χ4n) is 6.34. The molecule has 6 atom stereocenters. The lowest BCUT2D eigenvalue weighted by Crippen LogP contribution is -2.56. The van der Waals surface area contributed by atoms with Crippen molar-refractivity contribution in [3.05, 3.63) is 29.8 Å². The van der Waals surface area contributed by atoms with Crippen molar-refractivity contribution in [2.24, 2.45) is 23.0 Å². The molecule has 220 valence electrons. The zero-order valence-corrected chi connectivity index (χ0v) is 23.7. The number of nitrogens with two attached hydrogens (primary N) is 1. The van der Waals surface area contributed by atoms with E-state index in [2.05, 4.69) is 10.6 Å². The maximum Gasteiger partial charge on any atom is 0.243 e. The number of benzene rings is 1. The van der Waals surface area contributed by atoms with Crippen LogP contribution in [-0.4, -0.2) is 66.1 Å². The second kappa shape index (κ2) is 12.3. The number of nitrogens with one attached hydrogen (secondary N) is 2. The topological polar surface area (TPSA) is 160 Å². The first-order chi connectivity index (χ1) is 19.0. The van der Waals surface area contributed by atoms with Crippen LogP contribution in [0.15, 0.2) is 24.3 Å². The predicted octanol–water partition coefficient (Wildman–Crippen LogP) is 1.80. The van der Waals surface area contributed by atoms with Crippen LogP contribution in [0.3, 0.4) is 0 Å². The lowest BCUT2D eigenvalue weighted by atomic mass is 9.73. The minimum absolute atomic E-state index is 0.100. The number of aliphatic hydroxyl groups is 1. The summed E-state index contributed by atoms with van der Waals surface area (Å²) in [4.78, 5) is 53.1. The molecule has 1 aliphatic heterocycles. The van der Waals surface area contributed by atoms with Crippen molar-refractivity contribution in [3.8, 4) is 5.75 Å². The van der Waals surface area contributed by atoms with E-state index in [1.807, 2.05) is 12.1 Å². The van der Waals surface area contributed by atoms with Crippen LogP contribution in [-0.2, 0) is 30.3 Å². The molecule has 1 heterocycles. The molecular weight excluding hydrogens is 514 g/mol. The molecular formula is C30H43N3O7. The summed E-state index contributed by atoms with van der Waals surface area (Å²) in [7, 11) is 1.56. The van der Waals surface area contributed by atoms with Gasteiger partial charge in [0.1, 0.15) is 17.4 Å². The van der Waals surface area contributed by atoms with Gasteiger partial charge in [0.15, 0.2) is 5.78 Å². The van der Waals surface area contributed by atoms with Crippen LogP contribution >= 0.6 is 0 Å². The lowest BCUT2D eigenvalue weighted by Gasteiger charge is -2.33. The number of epoxide rings is 1. The van der Waals surface area contributed by atoms with E-state index >= 15 is 0 Å². The van der Waals surface area contributed by atoms with Gasteiger partial charge in [-0.2, -0.15) is 0 Å². The molecule has 1 aromatic carbocycles. The number of carbonyl (C=O) groups is 4. The molecule has 0 spiro atoms. The number of Topliss-reactive ketones (excluding diaryl/α,β-unsaturated/α-hetero) is 1. The van der Waals surface area contributed by atoms with Gasteiger partial charge in [-0.3, -0.25) is 19.2 Å². The van der Waals surface area contributed by atoms with E-state index < -0.39 is 52.8 Å². The minimum Gasteiger partial charge on any atom is -0.497 e. The number of ether oxygens (including phenoxy) is 2. The lowest BCUT2D eigenvalue weighted by molar-refractivity contribution is -0.141. The number of rotatable bonds is 13. The second-order valence-electron chi connectivity index (χ2n) is 12.1. The summed E-state index contributed by atoms with van der Waals surface area (Å²) in [6.07, 6.45) is 5.01. The summed E-state index contributed by atoms with van der Waals surface area (Å²) in [5.41, 5.74) is 4.43. The van der Waals surface area contributed by atoms with Crippen molar-refractivity contribution in [1.82, 2.24) is 10.6 Å². The van der Waals surface area contributed by atoms with Gasteiger partial charge in [0.05, 0.1) is 31.3 Å². The molecule has 1 aromatic rings. The van der Waals surface area contributed by atoms with Crippen LogP contribution in [0.2, 0.25) is 0 Å². The summed E-state index contributed by atoms with van der Waals surface area (Å²) in [5.74, 6) is -1.62. The third-order valence-electron chi connectivity index (χ3n) is 9.24. The smallest absolute Gasteiger partial charge is 0.243 e. The average molecular weight is 558 g/mol. The zero-order valence-electron chi connectivity index (χ0n) is 23.7. The standard InChI is InChI=1S/C30H43N3O7/c1-18(30(28(31)38)13-12-21(34)16-30)26(36)33-24(15-20-8-10-22(39-3)11-9-20)27(37)32-23(14-19-6-4-5-7-19)25(35)29(2)17-40-29/h8-11,18-19,21,23-24,34H,4-7,12-17H2,1-3H3,(H2,31,38)(H,32,37)(H,33,36)/t18-,21?,23-,24-,29+,30?/m0/s1. The molecule has 40 heavy (non-hydrogen) atoms. The number of amides is 3. The van der Waals surface area contributed by atoms with E-state index in [1.54, 1.807) is 33.1 Å². The van der Waals surface area contributed by atoms with Crippen molar-refractivity contribution < 1.29 is 33.8 Å². The molecule has 10 heteroatoms. The van der Waals surface area contributed by atoms with Gasteiger partial charge in [0.2, 0.25) is 17.7 Å². The fraction of sp³-hybridized carbons (Fsp3) is 0.667. The highest BCUT2D eigenvalue weighted by Crippen LogP contribution is 2.44. The highest BCUT2D eigenvalue weighted by atomic mass is 16.6. The van der Waals surface area contributed by atoms with Gasteiger partial charge in [-0.05, 0) is 56.2 Å². The number of methoxy groups -OCH3 is 1. The Morgan fingerprint density at radius 2 is 1.70 bits per heavy atom. The highest BCUT2D eigenvalue weighted by Gasteiger charge is 2.52. The molecule has 1 saturated heterocycles. The first-order valence-corrected chi connectivity index (χ1v) is 14.4. The van der Waals surface area contributed by atoms with Crippen molar-refractivity contribution >= 4 is 23.5 Å². The van der Waals surface area contributed by atoms with Crippen LogP contribution in [0, 0.1) is 17.3 Å². The van der Waals surface area contributed by atoms with E-state index in [1.165, 1.54) is 0 Å². The molecule has 2 saturated carbocycles. The van der Waals surface area contributed by atoms with Gasteiger partial charge in [0, 0.05) is 12.3 Å².